The number of piperazine rings is 1. The lowest BCUT2D eigenvalue weighted by atomic mass is 9.83. The lowest BCUT2D eigenvalue weighted by Gasteiger charge is -2.36. The van der Waals surface area contributed by atoms with Crippen LogP contribution in [0.15, 0.2) is 0 Å². The first-order valence-corrected chi connectivity index (χ1v) is 5.81. The molecule has 0 aromatic carbocycles. The lowest BCUT2D eigenvalue weighted by molar-refractivity contribution is 0.148. The third-order valence-electron chi connectivity index (χ3n) is 3.69. The van der Waals surface area contributed by atoms with E-state index in [1.807, 2.05) is 0 Å². The summed E-state index contributed by atoms with van der Waals surface area (Å²) in [5.74, 6) is 1.07. The third kappa shape index (κ3) is 2.44. The molecule has 2 aliphatic rings. The van der Waals surface area contributed by atoms with E-state index in [2.05, 4.69) is 17.1 Å². The molecule has 0 radical (unpaired) electrons. The Hall–Kier alpha value is -0.0800. The second-order valence-electron chi connectivity index (χ2n) is 4.67. The third-order valence-corrected chi connectivity index (χ3v) is 3.69. The zero-order valence-corrected chi connectivity index (χ0v) is 8.76. The normalized spacial score (nSPS) is 31.6. The van der Waals surface area contributed by atoms with Gasteiger partial charge in [0.1, 0.15) is 0 Å². The predicted molar refractivity (Wildman–Crippen MR) is 55.9 cm³/mol. The van der Waals surface area contributed by atoms with Crippen LogP contribution in [0.2, 0.25) is 0 Å². The van der Waals surface area contributed by atoms with Crippen molar-refractivity contribution in [2.75, 3.05) is 26.2 Å². The van der Waals surface area contributed by atoms with Crippen molar-refractivity contribution < 1.29 is 0 Å². The predicted octanol–water partition coefficient (Wildman–Crippen LogP) is 1.47. The molecule has 13 heavy (non-hydrogen) atoms. The highest BCUT2D eigenvalue weighted by atomic mass is 15.2. The smallest absolute Gasteiger partial charge is 0.0192 e. The molecule has 1 N–H and O–H groups in total. The first-order chi connectivity index (χ1) is 6.36. The molecule has 1 heterocycles. The maximum atomic E-state index is 3.44. The quantitative estimate of drug-likeness (QED) is 0.711. The van der Waals surface area contributed by atoms with Crippen molar-refractivity contribution >= 4 is 0 Å². The van der Waals surface area contributed by atoms with Crippen molar-refractivity contribution in [2.24, 2.45) is 5.92 Å². The van der Waals surface area contributed by atoms with Gasteiger partial charge >= 0.3 is 0 Å². The van der Waals surface area contributed by atoms with Crippen molar-refractivity contribution in [3.63, 3.8) is 0 Å². The minimum Gasteiger partial charge on any atom is -0.314 e. The highest BCUT2D eigenvalue weighted by molar-refractivity contribution is 4.78. The van der Waals surface area contributed by atoms with Crippen LogP contribution >= 0.6 is 0 Å². The molecule has 0 amide bonds. The molecular formula is C11H22N2. The van der Waals surface area contributed by atoms with Crippen molar-refractivity contribution in [3.8, 4) is 0 Å². The van der Waals surface area contributed by atoms with Crippen molar-refractivity contribution in [1.29, 1.82) is 0 Å². The molecule has 1 aliphatic heterocycles. The van der Waals surface area contributed by atoms with E-state index in [1.165, 1.54) is 51.9 Å². The first kappa shape index (κ1) is 9.47. The van der Waals surface area contributed by atoms with Gasteiger partial charge in [0.25, 0.3) is 0 Å². The van der Waals surface area contributed by atoms with Gasteiger partial charge in [-0.3, -0.25) is 4.90 Å². The molecule has 2 fully saturated rings. The summed E-state index contributed by atoms with van der Waals surface area (Å²) in [7, 11) is 0. The molecule has 1 saturated carbocycles. The Balaban J connectivity index is 1.66. The van der Waals surface area contributed by atoms with E-state index in [9.17, 15) is 0 Å². The summed E-state index contributed by atoms with van der Waals surface area (Å²) in [6.45, 7) is 7.31. The molecule has 0 aromatic rings. The number of nitrogens with one attached hydrogen (secondary N) is 1. The van der Waals surface area contributed by atoms with Gasteiger partial charge in [-0.15, -0.1) is 0 Å². The maximum absolute atomic E-state index is 3.44. The van der Waals surface area contributed by atoms with Gasteiger partial charge in [0, 0.05) is 25.7 Å². The van der Waals surface area contributed by atoms with E-state index in [4.69, 9.17) is 0 Å². The van der Waals surface area contributed by atoms with Gasteiger partial charge in [-0.25, -0.2) is 0 Å². The second kappa shape index (κ2) is 4.43. The maximum Gasteiger partial charge on any atom is 0.0192 e. The summed E-state index contributed by atoms with van der Waals surface area (Å²) < 4.78 is 0. The van der Waals surface area contributed by atoms with Crippen LogP contribution in [-0.2, 0) is 0 Å². The van der Waals surface area contributed by atoms with Crippen molar-refractivity contribution in [3.05, 3.63) is 0 Å². The van der Waals surface area contributed by atoms with Crippen LogP contribution in [0.4, 0.5) is 0 Å². The molecule has 2 rings (SSSR count). The zero-order valence-electron chi connectivity index (χ0n) is 8.76. The second-order valence-corrected chi connectivity index (χ2v) is 4.67. The Labute approximate surface area is 81.7 Å². The van der Waals surface area contributed by atoms with Crippen LogP contribution in [0.1, 0.15) is 32.6 Å². The largest absolute Gasteiger partial charge is 0.314 e. The van der Waals surface area contributed by atoms with Gasteiger partial charge in [0.2, 0.25) is 0 Å². The van der Waals surface area contributed by atoms with Gasteiger partial charge in [0.05, 0.1) is 0 Å². The Bertz CT molecular complexity index is 154. The Kier molecular flexibility index (Phi) is 3.23. The van der Waals surface area contributed by atoms with Crippen LogP contribution in [0.25, 0.3) is 0 Å². The highest BCUT2D eigenvalue weighted by Crippen LogP contribution is 2.29. The van der Waals surface area contributed by atoms with Crippen LogP contribution in [-0.4, -0.2) is 37.1 Å². The number of nitrogens with zero attached hydrogens (tertiary/aromatic N) is 1. The van der Waals surface area contributed by atoms with Crippen LogP contribution in [0.3, 0.4) is 0 Å². The summed E-state index contributed by atoms with van der Waals surface area (Å²) in [4.78, 5) is 2.65. The Morgan fingerprint density at radius 2 is 2.23 bits per heavy atom. The van der Waals surface area contributed by atoms with Crippen molar-refractivity contribution in [1.82, 2.24) is 10.2 Å². The first-order valence-electron chi connectivity index (χ1n) is 5.81. The fourth-order valence-corrected chi connectivity index (χ4v) is 2.35. The number of hydrogen-bond acceptors (Lipinski definition) is 2. The van der Waals surface area contributed by atoms with Gasteiger partial charge in [-0.05, 0) is 25.8 Å². The van der Waals surface area contributed by atoms with E-state index < -0.39 is 0 Å². The van der Waals surface area contributed by atoms with E-state index >= 15 is 0 Å². The van der Waals surface area contributed by atoms with Crippen LogP contribution in [0, 0.1) is 5.92 Å². The fourth-order valence-electron chi connectivity index (χ4n) is 2.35. The summed E-state index contributed by atoms with van der Waals surface area (Å²) in [6, 6.07) is 0.758. The summed E-state index contributed by atoms with van der Waals surface area (Å²) in [6.07, 6.45) is 5.94. The van der Waals surface area contributed by atoms with E-state index in [0.29, 0.717) is 0 Å². The number of hydrogen-bond donors (Lipinski definition) is 1. The standard InChI is InChI=1S/C11H22N2/c1-10-9-12-6-8-13(10)7-5-11-3-2-4-11/h10-12H,2-9H2,1H3/t10-/m0/s1. The molecule has 2 heteroatoms. The molecule has 1 aliphatic carbocycles. The van der Waals surface area contributed by atoms with Crippen molar-refractivity contribution in [2.45, 2.75) is 38.6 Å². The molecule has 0 spiro atoms. The molecular weight excluding hydrogens is 160 g/mol. The minimum atomic E-state index is 0.758. The SMILES string of the molecule is C[C@H]1CNCCN1CCC1CCC1. The molecule has 1 saturated heterocycles. The fraction of sp³-hybridized carbons (Fsp3) is 1.00. The Morgan fingerprint density at radius 3 is 2.85 bits per heavy atom. The van der Waals surface area contributed by atoms with Gasteiger partial charge < -0.3 is 5.32 Å². The number of rotatable bonds is 3. The van der Waals surface area contributed by atoms with E-state index in [0.717, 1.165) is 12.0 Å². The molecule has 0 unspecified atom stereocenters. The molecule has 0 bridgehead atoms. The molecule has 2 nitrogen and oxygen atoms in total. The van der Waals surface area contributed by atoms with Crippen LogP contribution in [0.5, 0.6) is 0 Å². The Morgan fingerprint density at radius 1 is 1.38 bits per heavy atom. The minimum absolute atomic E-state index is 0.758. The van der Waals surface area contributed by atoms with Gasteiger partial charge in [-0.2, -0.15) is 0 Å². The van der Waals surface area contributed by atoms with E-state index in [-0.39, 0.29) is 0 Å². The average Bonchev–Trinajstić information content (AvgIpc) is 2.05. The zero-order chi connectivity index (χ0) is 9.10. The topological polar surface area (TPSA) is 15.3 Å². The highest BCUT2D eigenvalue weighted by Gasteiger charge is 2.21. The van der Waals surface area contributed by atoms with Gasteiger partial charge in [0.15, 0.2) is 0 Å². The summed E-state index contributed by atoms with van der Waals surface area (Å²) >= 11 is 0. The summed E-state index contributed by atoms with van der Waals surface area (Å²) in [5.41, 5.74) is 0. The monoisotopic (exact) mass is 182 g/mol. The lowest BCUT2D eigenvalue weighted by Crippen LogP contribution is -2.50. The molecule has 1 atom stereocenters. The average molecular weight is 182 g/mol. The van der Waals surface area contributed by atoms with Gasteiger partial charge in [-0.1, -0.05) is 19.3 Å². The molecule has 0 aromatic heterocycles. The summed E-state index contributed by atoms with van der Waals surface area (Å²) in [5, 5.41) is 3.44. The van der Waals surface area contributed by atoms with E-state index in [1.54, 1.807) is 0 Å². The molecule has 76 valence electrons. The van der Waals surface area contributed by atoms with Crippen LogP contribution < -0.4 is 5.32 Å².